The van der Waals surface area contributed by atoms with Crippen LogP contribution in [0.15, 0.2) is 18.2 Å². The lowest BCUT2D eigenvalue weighted by atomic mass is 9.98. The van der Waals surface area contributed by atoms with E-state index in [0.717, 1.165) is 18.4 Å². The third-order valence-electron chi connectivity index (χ3n) is 3.77. The number of aliphatic hydroxyl groups is 1. The predicted molar refractivity (Wildman–Crippen MR) is 81.2 cm³/mol. The van der Waals surface area contributed by atoms with Crippen LogP contribution in [-0.2, 0) is 11.2 Å². The summed E-state index contributed by atoms with van der Waals surface area (Å²) in [7, 11) is 0. The highest BCUT2D eigenvalue weighted by Crippen LogP contribution is 2.24. The van der Waals surface area contributed by atoms with Gasteiger partial charge in [-0.3, -0.25) is 4.79 Å². The van der Waals surface area contributed by atoms with Crippen molar-refractivity contribution in [1.29, 1.82) is 0 Å². The van der Waals surface area contributed by atoms with Gasteiger partial charge < -0.3 is 10.0 Å². The number of nitrogens with zero attached hydrogens (tertiary/aromatic N) is 1. The molecule has 1 amide bonds. The van der Waals surface area contributed by atoms with E-state index < -0.39 is 5.60 Å². The van der Waals surface area contributed by atoms with Crippen LogP contribution in [0.1, 0.15) is 31.7 Å². The maximum atomic E-state index is 12.3. The van der Waals surface area contributed by atoms with E-state index in [-0.39, 0.29) is 12.3 Å². The van der Waals surface area contributed by atoms with Crippen LogP contribution < -0.4 is 0 Å². The van der Waals surface area contributed by atoms with Gasteiger partial charge in [-0.05, 0) is 43.9 Å². The molecule has 0 radical (unpaired) electrons. The van der Waals surface area contributed by atoms with Gasteiger partial charge in [0.25, 0.3) is 0 Å². The van der Waals surface area contributed by atoms with Gasteiger partial charge in [-0.15, -0.1) is 0 Å². The van der Waals surface area contributed by atoms with E-state index in [1.54, 1.807) is 18.2 Å². The number of carbonyl (C=O) groups excluding carboxylic acids is 1. The van der Waals surface area contributed by atoms with Crippen LogP contribution in [0.3, 0.4) is 0 Å². The van der Waals surface area contributed by atoms with Crippen molar-refractivity contribution >= 4 is 29.1 Å². The minimum absolute atomic E-state index is 0.0481. The Morgan fingerprint density at radius 3 is 2.80 bits per heavy atom. The zero-order valence-electron chi connectivity index (χ0n) is 11.5. The van der Waals surface area contributed by atoms with Crippen molar-refractivity contribution in [2.45, 2.75) is 38.2 Å². The summed E-state index contributed by atoms with van der Waals surface area (Å²) >= 11 is 11.9. The first-order valence-corrected chi connectivity index (χ1v) is 7.57. The number of rotatable bonds is 2. The van der Waals surface area contributed by atoms with Crippen LogP contribution in [0.2, 0.25) is 10.0 Å². The molecule has 1 fully saturated rings. The van der Waals surface area contributed by atoms with Crippen molar-refractivity contribution in [2.24, 2.45) is 0 Å². The quantitative estimate of drug-likeness (QED) is 0.909. The number of hydrogen-bond acceptors (Lipinski definition) is 2. The first-order chi connectivity index (χ1) is 9.37. The normalized spacial score (nSPS) is 23.5. The summed E-state index contributed by atoms with van der Waals surface area (Å²) in [6.07, 6.45) is 2.46. The highest BCUT2D eigenvalue weighted by Gasteiger charge is 2.27. The minimum Gasteiger partial charge on any atom is -0.390 e. The second-order valence-electron chi connectivity index (χ2n) is 5.64. The molecule has 5 heteroatoms. The predicted octanol–water partition coefficient (Wildman–Crippen LogP) is 3.30. The number of hydrogen-bond donors (Lipinski definition) is 1. The van der Waals surface area contributed by atoms with Gasteiger partial charge in [-0.2, -0.15) is 0 Å². The van der Waals surface area contributed by atoms with Gasteiger partial charge in [0.05, 0.1) is 12.0 Å². The molecule has 0 spiro atoms. The summed E-state index contributed by atoms with van der Waals surface area (Å²) in [6, 6.07) is 5.18. The van der Waals surface area contributed by atoms with E-state index >= 15 is 0 Å². The van der Waals surface area contributed by atoms with E-state index in [1.807, 2.05) is 11.8 Å². The van der Waals surface area contributed by atoms with Gasteiger partial charge in [0.2, 0.25) is 5.91 Å². The largest absolute Gasteiger partial charge is 0.390 e. The van der Waals surface area contributed by atoms with Crippen LogP contribution in [0.25, 0.3) is 0 Å². The van der Waals surface area contributed by atoms with Crippen molar-refractivity contribution in [1.82, 2.24) is 4.90 Å². The van der Waals surface area contributed by atoms with Gasteiger partial charge in [0.15, 0.2) is 0 Å². The van der Waals surface area contributed by atoms with Crippen molar-refractivity contribution < 1.29 is 9.90 Å². The van der Waals surface area contributed by atoms with Crippen molar-refractivity contribution in [2.75, 3.05) is 13.1 Å². The molecule has 1 aliphatic rings. The molecule has 1 aromatic rings. The van der Waals surface area contributed by atoms with Gasteiger partial charge in [-0.1, -0.05) is 29.3 Å². The standard InChI is InChI=1S/C15H19Cl2NO2/c1-15(20)5-2-7-18(8-6-15)14(19)9-11-3-4-12(16)10-13(11)17/h3-4,10,20H,2,5-9H2,1H3. The summed E-state index contributed by atoms with van der Waals surface area (Å²) < 4.78 is 0. The molecule has 20 heavy (non-hydrogen) atoms. The third-order valence-corrected chi connectivity index (χ3v) is 4.36. The Labute approximate surface area is 129 Å². The third kappa shape index (κ3) is 4.11. The molecule has 0 saturated carbocycles. The lowest BCUT2D eigenvalue weighted by Crippen LogP contribution is -2.34. The summed E-state index contributed by atoms with van der Waals surface area (Å²) in [5.41, 5.74) is 0.129. The molecular weight excluding hydrogens is 297 g/mol. The smallest absolute Gasteiger partial charge is 0.227 e. The van der Waals surface area contributed by atoms with E-state index in [4.69, 9.17) is 23.2 Å². The molecule has 0 aliphatic carbocycles. The highest BCUT2D eigenvalue weighted by molar-refractivity contribution is 6.35. The summed E-state index contributed by atoms with van der Waals surface area (Å²) in [6.45, 7) is 3.12. The molecule has 0 bridgehead atoms. The van der Waals surface area contributed by atoms with Gasteiger partial charge in [-0.25, -0.2) is 0 Å². The molecule has 1 aliphatic heterocycles. The van der Waals surface area contributed by atoms with Crippen LogP contribution >= 0.6 is 23.2 Å². The fourth-order valence-electron chi connectivity index (χ4n) is 2.45. The summed E-state index contributed by atoms with van der Waals surface area (Å²) in [5.74, 6) is 0.0481. The number of halogens is 2. The van der Waals surface area contributed by atoms with Crippen LogP contribution in [0.5, 0.6) is 0 Å². The zero-order chi connectivity index (χ0) is 14.8. The minimum atomic E-state index is -0.660. The number of likely N-dealkylation sites (tertiary alicyclic amines) is 1. The average molecular weight is 316 g/mol. The first kappa shape index (κ1) is 15.6. The molecule has 1 heterocycles. The Balaban J connectivity index is 2.01. The molecule has 1 unspecified atom stereocenters. The monoisotopic (exact) mass is 315 g/mol. The molecule has 1 aromatic carbocycles. The molecule has 1 atom stereocenters. The van der Waals surface area contributed by atoms with Crippen LogP contribution in [0.4, 0.5) is 0 Å². The molecular formula is C15H19Cl2NO2. The number of benzene rings is 1. The zero-order valence-corrected chi connectivity index (χ0v) is 13.0. The molecule has 1 N–H and O–H groups in total. The van der Waals surface area contributed by atoms with Crippen LogP contribution in [-0.4, -0.2) is 34.6 Å². The lowest BCUT2D eigenvalue weighted by Gasteiger charge is -2.22. The Morgan fingerprint density at radius 2 is 2.10 bits per heavy atom. The lowest BCUT2D eigenvalue weighted by molar-refractivity contribution is -0.130. The van der Waals surface area contributed by atoms with E-state index in [9.17, 15) is 9.90 Å². The molecule has 3 nitrogen and oxygen atoms in total. The van der Waals surface area contributed by atoms with E-state index in [1.165, 1.54) is 0 Å². The molecule has 2 rings (SSSR count). The second-order valence-corrected chi connectivity index (χ2v) is 6.49. The van der Waals surface area contributed by atoms with Crippen molar-refractivity contribution in [3.8, 4) is 0 Å². The topological polar surface area (TPSA) is 40.5 Å². The summed E-state index contributed by atoms with van der Waals surface area (Å²) in [4.78, 5) is 14.1. The van der Waals surface area contributed by atoms with Gasteiger partial charge in [0.1, 0.15) is 0 Å². The molecule has 110 valence electrons. The van der Waals surface area contributed by atoms with E-state index in [2.05, 4.69) is 0 Å². The number of carbonyl (C=O) groups is 1. The maximum Gasteiger partial charge on any atom is 0.227 e. The fourth-order valence-corrected chi connectivity index (χ4v) is 2.93. The van der Waals surface area contributed by atoms with Gasteiger partial charge in [0, 0.05) is 23.1 Å². The SMILES string of the molecule is CC1(O)CCCN(C(=O)Cc2ccc(Cl)cc2Cl)CC1. The van der Waals surface area contributed by atoms with Crippen molar-refractivity contribution in [3.63, 3.8) is 0 Å². The number of amides is 1. The van der Waals surface area contributed by atoms with E-state index in [0.29, 0.717) is 29.6 Å². The Kier molecular flexibility index (Phi) is 4.95. The second kappa shape index (κ2) is 6.33. The van der Waals surface area contributed by atoms with Crippen molar-refractivity contribution in [3.05, 3.63) is 33.8 Å². The summed E-state index contributed by atoms with van der Waals surface area (Å²) in [5, 5.41) is 11.1. The molecule has 1 saturated heterocycles. The Hall–Kier alpha value is -0.770. The first-order valence-electron chi connectivity index (χ1n) is 6.81. The van der Waals surface area contributed by atoms with Gasteiger partial charge >= 0.3 is 0 Å². The maximum absolute atomic E-state index is 12.3. The Bertz CT molecular complexity index is 503. The Morgan fingerprint density at radius 1 is 1.35 bits per heavy atom. The average Bonchev–Trinajstić information content (AvgIpc) is 2.54. The van der Waals surface area contributed by atoms with Crippen LogP contribution in [0, 0.1) is 0 Å². The fraction of sp³-hybridized carbons (Fsp3) is 0.533. The highest BCUT2D eigenvalue weighted by atomic mass is 35.5. The molecule has 0 aromatic heterocycles.